The van der Waals surface area contributed by atoms with Gasteiger partial charge in [0.2, 0.25) is 0 Å². The van der Waals surface area contributed by atoms with Crippen LogP contribution in [0.1, 0.15) is 19.4 Å². The fourth-order valence-electron chi connectivity index (χ4n) is 1.11. The highest BCUT2D eigenvalue weighted by Crippen LogP contribution is 2.03. The molecule has 0 fully saturated rings. The van der Waals surface area contributed by atoms with Crippen LogP contribution in [0.15, 0.2) is 36.4 Å². The second kappa shape index (κ2) is 5.22. The van der Waals surface area contributed by atoms with Crippen LogP contribution >= 0.6 is 0 Å². The Kier molecular flexibility index (Phi) is 3.92. The summed E-state index contributed by atoms with van der Waals surface area (Å²) in [7, 11) is 0. The Morgan fingerprint density at radius 1 is 1.36 bits per heavy atom. The largest absolute Gasteiger partial charge is 0.459 e. The van der Waals surface area contributed by atoms with Crippen molar-refractivity contribution in [3.63, 3.8) is 0 Å². The van der Waals surface area contributed by atoms with Gasteiger partial charge in [0.1, 0.15) is 6.10 Å². The summed E-state index contributed by atoms with van der Waals surface area (Å²) >= 11 is 0. The van der Waals surface area contributed by atoms with Gasteiger partial charge in [0, 0.05) is 6.92 Å². The van der Waals surface area contributed by atoms with E-state index < -0.39 is 0 Å². The van der Waals surface area contributed by atoms with Gasteiger partial charge in [0.25, 0.3) is 0 Å². The first-order valence-electron chi connectivity index (χ1n) is 4.59. The van der Waals surface area contributed by atoms with Gasteiger partial charge < -0.3 is 4.74 Å². The van der Waals surface area contributed by atoms with Gasteiger partial charge in [-0.15, -0.1) is 0 Å². The van der Waals surface area contributed by atoms with Crippen molar-refractivity contribution in [1.82, 2.24) is 0 Å². The van der Waals surface area contributed by atoms with Crippen LogP contribution in [0.25, 0.3) is 6.08 Å². The Bertz CT molecular complexity index is 314. The average Bonchev–Trinajstić information content (AvgIpc) is 2.15. The van der Waals surface area contributed by atoms with E-state index in [1.807, 2.05) is 49.4 Å². The molecule has 2 heteroatoms. The molecule has 1 aromatic carbocycles. The highest BCUT2D eigenvalue weighted by molar-refractivity contribution is 5.66. The lowest BCUT2D eigenvalue weighted by molar-refractivity contribution is -0.143. The smallest absolute Gasteiger partial charge is 0.303 e. The van der Waals surface area contributed by atoms with Gasteiger partial charge in [-0.3, -0.25) is 4.79 Å². The van der Waals surface area contributed by atoms with Crippen molar-refractivity contribution in [3.05, 3.63) is 42.0 Å². The Labute approximate surface area is 84.2 Å². The predicted molar refractivity (Wildman–Crippen MR) is 56.7 cm³/mol. The number of carbonyl (C=O) groups excluding carboxylic acids is 1. The maximum absolute atomic E-state index is 10.6. The quantitative estimate of drug-likeness (QED) is 0.685. The molecule has 0 spiro atoms. The van der Waals surface area contributed by atoms with E-state index >= 15 is 0 Å². The SMILES string of the molecule is CC(=O)O[C@H](C)/C=C\c1ccccc1. The highest BCUT2D eigenvalue weighted by atomic mass is 16.5. The molecule has 0 amide bonds. The van der Waals surface area contributed by atoms with Gasteiger partial charge in [-0.1, -0.05) is 36.4 Å². The molecule has 0 saturated carbocycles. The van der Waals surface area contributed by atoms with E-state index in [4.69, 9.17) is 4.74 Å². The van der Waals surface area contributed by atoms with E-state index in [-0.39, 0.29) is 12.1 Å². The zero-order chi connectivity index (χ0) is 10.4. The summed E-state index contributed by atoms with van der Waals surface area (Å²) in [5.41, 5.74) is 1.10. The van der Waals surface area contributed by atoms with Gasteiger partial charge in [-0.2, -0.15) is 0 Å². The summed E-state index contributed by atoms with van der Waals surface area (Å²) in [6, 6.07) is 9.90. The van der Waals surface area contributed by atoms with Crippen molar-refractivity contribution in [2.75, 3.05) is 0 Å². The Morgan fingerprint density at radius 3 is 2.57 bits per heavy atom. The number of hydrogen-bond acceptors (Lipinski definition) is 2. The summed E-state index contributed by atoms with van der Waals surface area (Å²) in [6.45, 7) is 3.24. The van der Waals surface area contributed by atoms with E-state index in [9.17, 15) is 4.79 Å². The molecule has 0 aliphatic carbocycles. The van der Waals surface area contributed by atoms with Gasteiger partial charge in [0.15, 0.2) is 0 Å². The van der Waals surface area contributed by atoms with E-state index in [1.165, 1.54) is 6.92 Å². The fourth-order valence-corrected chi connectivity index (χ4v) is 1.11. The van der Waals surface area contributed by atoms with Crippen LogP contribution in [0.2, 0.25) is 0 Å². The molecule has 74 valence electrons. The van der Waals surface area contributed by atoms with Crippen LogP contribution < -0.4 is 0 Å². The molecule has 0 unspecified atom stereocenters. The lowest BCUT2D eigenvalue weighted by Gasteiger charge is -2.05. The fraction of sp³-hybridized carbons (Fsp3) is 0.250. The third-order valence-electron chi connectivity index (χ3n) is 1.71. The molecule has 0 aliphatic rings. The molecule has 0 bridgehead atoms. The molecule has 1 rings (SSSR count). The second-order valence-corrected chi connectivity index (χ2v) is 3.08. The standard InChI is InChI=1S/C12H14O2/c1-10(14-11(2)13)8-9-12-6-4-3-5-7-12/h3-10H,1-2H3/b9-8-/t10-/m1/s1. The third kappa shape index (κ3) is 3.90. The van der Waals surface area contributed by atoms with E-state index in [0.717, 1.165) is 5.56 Å². The molecule has 0 saturated heterocycles. The summed E-state index contributed by atoms with van der Waals surface area (Å²) in [6.07, 6.45) is 3.62. The van der Waals surface area contributed by atoms with Crippen LogP contribution in [-0.2, 0) is 9.53 Å². The molecule has 0 radical (unpaired) electrons. The van der Waals surface area contributed by atoms with E-state index in [2.05, 4.69) is 0 Å². The monoisotopic (exact) mass is 190 g/mol. The van der Waals surface area contributed by atoms with Gasteiger partial charge in [0.05, 0.1) is 0 Å². The highest BCUT2D eigenvalue weighted by Gasteiger charge is 1.98. The summed E-state index contributed by atoms with van der Waals surface area (Å²) in [5, 5.41) is 0. The molecular formula is C12H14O2. The van der Waals surface area contributed by atoms with Gasteiger partial charge >= 0.3 is 5.97 Å². The number of ether oxygens (including phenoxy) is 1. The first kappa shape index (κ1) is 10.5. The minimum absolute atomic E-state index is 0.173. The van der Waals surface area contributed by atoms with Crippen molar-refractivity contribution in [1.29, 1.82) is 0 Å². The van der Waals surface area contributed by atoms with E-state index in [0.29, 0.717) is 0 Å². The molecule has 2 nitrogen and oxygen atoms in total. The van der Waals surface area contributed by atoms with Gasteiger partial charge in [-0.25, -0.2) is 0 Å². The lowest BCUT2D eigenvalue weighted by atomic mass is 10.2. The van der Waals surface area contributed by atoms with Crippen molar-refractivity contribution in [3.8, 4) is 0 Å². The number of benzene rings is 1. The number of hydrogen-bond donors (Lipinski definition) is 0. The minimum Gasteiger partial charge on any atom is -0.459 e. The summed E-state index contributed by atoms with van der Waals surface area (Å²) in [5.74, 6) is -0.254. The maximum atomic E-state index is 10.6. The summed E-state index contributed by atoms with van der Waals surface area (Å²) < 4.78 is 4.95. The predicted octanol–water partition coefficient (Wildman–Crippen LogP) is 2.65. The molecule has 0 aliphatic heterocycles. The zero-order valence-corrected chi connectivity index (χ0v) is 8.44. The third-order valence-corrected chi connectivity index (χ3v) is 1.71. The van der Waals surface area contributed by atoms with Crippen LogP contribution in [0.5, 0.6) is 0 Å². The second-order valence-electron chi connectivity index (χ2n) is 3.08. The number of esters is 1. The van der Waals surface area contributed by atoms with Crippen LogP contribution in [0.3, 0.4) is 0 Å². The molecular weight excluding hydrogens is 176 g/mol. The van der Waals surface area contributed by atoms with Crippen molar-refractivity contribution >= 4 is 12.0 Å². The Morgan fingerprint density at radius 2 is 2.00 bits per heavy atom. The zero-order valence-electron chi connectivity index (χ0n) is 8.44. The van der Waals surface area contributed by atoms with Crippen LogP contribution in [0, 0.1) is 0 Å². The maximum Gasteiger partial charge on any atom is 0.303 e. The Balaban J connectivity index is 2.52. The summed E-state index contributed by atoms with van der Waals surface area (Å²) in [4.78, 5) is 10.6. The van der Waals surface area contributed by atoms with E-state index in [1.54, 1.807) is 0 Å². The first-order valence-corrected chi connectivity index (χ1v) is 4.59. The minimum atomic E-state index is -0.254. The first-order chi connectivity index (χ1) is 6.68. The normalized spacial score (nSPS) is 12.7. The number of rotatable bonds is 3. The van der Waals surface area contributed by atoms with Gasteiger partial charge in [-0.05, 0) is 18.6 Å². The van der Waals surface area contributed by atoms with Crippen molar-refractivity contribution < 1.29 is 9.53 Å². The Hall–Kier alpha value is -1.57. The molecule has 1 aromatic rings. The molecule has 0 heterocycles. The average molecular weight is 190 g/mol. The van der Waals surface area contributed by atoms with Crippen LogP contribution in [-0.4, -0.2) is 12.1 Å². The molecule has 14 heavy (non-hydrogen) atoms. The topological polar surface area (TPSA) is 26.3 Å². The van der Waals surface area contributed by atoms with Crippen molar-refractivity contribution in [2.24, 2.45) is 0 Å². The molecule has 0 N–H and O–H groups in total. The lowest BCUT2D eigenvalue weighted by Crippen LogP contribution is -2.08. The molecule has 1 atom stereocenters. The van der Waals surface area contributed by atoms with Crippen LogP contribution in [0.4, 0.5) is 0 Å². The van der Waals surface area contributed by atoms with Crippen molar-refractivity contribution in [2.45, 2.75) is 20.0 Å². The number of carbonyl (C=O) groups is 1. The molecule has 0 aromatic heterocycles.